The number of likely N-dealkylation sites (tertiary alicyclic amines) is 1. The van der Waals surface area contributed by atoms with Crippen molar-refractivity contribution in [1.82, 2.24) is 30.3 Å². The van der Waals surface area contributed by atoms with Crippen LogP contribution >= 0.6 is 35.3 Å². The van der Waals surface area contributed by atoms with E-state index in [2.05, 4.69) is 62.2 Å². The predicted molar refractivity (Wildman–Crippen MR) is 122 cm³/mol. The van der Waals surface area contributed by atoms with Crippen LogP contribution in [0.4, 0.5) is 0 Å². The maximum atomic E-state index is 4.36. The number of aliphatic imine (C=N–C) groups is 1. The molecular weight excluding hydrogens is 473 g/mol. The van der Waals surface area contributed by atoms with E-state index in [4.69, 9.17) is 0 Å². The van der Waals surface area contributed by atoms with Gasteiger partial charge in [-0.25, -0.2) is 0 Å². The summed E-state index contributed by atoms with van der Waals surface area (Å²) >= 11 is 1.86. The molecule has 2 N–H and O–H groups in total. The van der Waals surface area contributed by atoms with Crippen LogP contribution < -0.4 is 10.6 Å². The summed E-state index contributed by atoms with van der Waals surface area (Å²) in [6, 6.07) is 4.89. The highest BCUT2D eigenvalue weighted by atomic mass is 127. The highest BCUT2D eigenvalue weighted by Crippen LogP contribution is 2.36. The molecule has 1 saturated heterocycles. The Morgan fingerprint density at radius 3 is 2.96 bits per heavy atom. The van der Waals surface area contributed by atoms with Gasteiger partial charge in [0, 0.05) is 31.1 Å². The van der Waals surface area contributed by atoms with E-state index in [1.807, 2.05) is 23.0 Å². The molecule has 1 aliphatic heterocycles. The van der Waals surface area contributed by atoms with E-state index in [1.54, 1.807) is 6.33 Å². The molecule has 0 aliphatic carbocycles. The molecule has 3 heterocycles. The number of piperidine rings is 1. The van der Waals surface area contributed by atoms with Gasteiger partial charge in [-0.05, 0) is 50.7 Å². The molecule has 27 heavy (non-hydrogen) atoms. The summed E-state index contributed by atoms with van der Waals surface area (Å²) < 4.78 is 2.03. The molecule has 0 amide bonds. The molecule has 3 rings (SSSR count). The van der Waals surface area contributed by atoms with Gasteiger partial charge < -0.3 is 15.2 Å². The van der Waals surface area contributed by atoms with Crippen molar-refractivity contribution in [2.24, 2.45) is 10.9 Å². The summed E-state index contributed by atoms with van der Waals surface area (Å²) in [6.45, 7) is 5.65. The van der Waals surface area contributed by atoms with Crippen molar-refractivity contribution < 1.29 is 0 Å². The summed E-state index contributed by atoms with van der Waals surface area (Å²) in [7, 11) is 4.05. The monoisotopic (exact) mass is 503 g/mol. The second-order valence-electron chi connectivity index (χ2n) is 6.68. The first kappa shape index (κ1) is 22.1. The van der Waals surface area contributed by atoms with Gasteiger partial charge in [-0.1, -0.05) is 6.07 Å². The number of nitrogens with zero attached hydrogens (tertiary/aromatic N) is 5. The van der Waals surface area contributed by atoms with Crippen molar-refractivity contribution in [3.8, 4) is 0 Å². The number of nitrogens with one attached hydrogen (secondary N) is 2. The van der Waals surface area contributed by atoms with Crippen LogP contribution in [0.1, 0.15) is 36.5 Å². The lowest BCUT2D eigenvalue weighted by Crippen LogP contribution is -2.44. The van der Waals surface area contributed by atoms with Crippen molar-refractivity contribution >= 4 is 41.3 Å². The first-order chi connectivity index (χ1) is 12.7. The molecule has 1 fully saturated rings. The first-order valence-electron chi connectivity index (χ1n) is 9.27. The predicted octanol–water partition coefficient (Wildman–Crippen LogP) is 2.73. The lowest BCUT2D eigenvalue weighted by atomic mass is 9.88. The fourth-order valence-electron chi connectivity index (χ4n) is 3.67. The molecule has 0 spiro atoms. The largest absolute Gasteiger partial charge is 0.356 e. The number of hydrogen-bond acceptors (Lipinski definition) is 5. The maximum absolute atomic E-state index is 4.36. The fourth-order valence-corrected chi connectivity index (χ4v) is 4.66. The van der Waals surface area contributed by atoms with Crippen LogP contribution in [0.25, 0.3) is 0 Å². The summed E-state index contributed by atoms with van der Waals surface area (Å²) in [5, 5.41) is 17.2. The van der Waals surface area contributed by atoms with Gasteiger partial charge in [0.05, 0.1) is 6.54 Å². The summed E-state index contributed by atoms with van der Waals surface area (Å²) in [4.78, 5) is 8.30. The van der Waals surface area contributed by atoms with Crippen LogP contribution in [0.5, 0.6) is 0 Å². The van der Waals surface area contributed by atoms with Gasteiger partial charge in [0.1, 0.15) is 6.33 Å². The van der Waals surface area contributed by atoms with Crippen molar-refractivity contribution in [2.75, 3.05) is 27.2 Å². The number of halogens is 1. The molecule has 7 nitrogen and oxygen atoms in total. The van der Waals surface area contributed by atoms with Gasteiger partial charge >= 0.3 is 0 Å². The van der Waals surface area contributed by atoms with Gasteiger partial charge in [0.2, 0.25) is 0 Å². The molecule has 0 bridgehead atoms. The first-order valence-corrected chi connectivity index (χ1v) is 10.2. The lowest BCUT2D eigenvalue weighted by Gasteiger charge is -2.39. The molecule has 2 aromatic rings. The Balaban J connectivity index is 0.00000261. The van der Waals surface area contributed by atoms with Crippen LogP contribution in [0.15, 0.2) is 28.8 Å². The zero-order valence-corrected chi connectivity index (χ0v) is 19.4. The number of thiophene rings is 1. The molecule has 0 saturated carbocycles. The molecule has 9 heteroatoms. The van der Waals surface area contributed by atoms with E-state index in [-0.39, 0.29) is 24.0 Å². The van der Waals surface area contributed by atoms with Gasteiger partial charge in [-0.3, -0.25) is 9.89 Å². The number of aryl methyl sites for hydroxylation is 1. The van der Waals surface area contributed by atoms with E-state index < -0.39 is 0 Å². The third kappa shape index (κ3) is 5.64. The van der Waals surface area contributed by atoms with E-state index in [0.29, 0.717) is 18.5 Å². The molecule has 150 valence electrons. The Labute approximate surface area is 182 Å². The SMILES string of the molecule is CCn1cnnc1CNC(=NC)NCC1CCCN(C)C1c1cccs1.I. The van der Waals surface area contributed by atoms with Crippen LogP contribution in [0.3, 0.4) is 0 Å². The van der Waals surface area contributed by atoms with Gasteiger partial charge in [-0.2, -0.15) is 0 Å². The smallest absolute Gasteiger partial charge is 0.191 e. The second kappa shape index (κ2) is 11.0. The molecule has 2 unspecified atom stereocenters. The number of rotatable bonds is 6. The van der Waals surface area contributed by atoms with Crippen LogP contribution in [0.2, 0.25) is 0 Å². The van der Waals surface area contributed by atoms with Crippen molar-refractivity contribution in [2.45, 2.75) is 38.9 Å². The van der Waals surface area contributed by atoms with E-state index in [0.717, 1.165) is 24.9 Å². The minimum atomic E-state index is 0. The van der Waals surface area contributed by atoms with Gasteiger partial charge in [0.15, 0.2) is 11.8 Å². The molecule has 2 atom stereocenters. The zero-order chi connectivity index (χ0) is 18.4. The normalized spacial score (nSPS) is 20.9. The quantitative estimate of drug-likeness (QED) is 0.361. The molecule has 1 aliphatic rings. The molecule has 0 radical (unpaired) electrons. The fraction of sp³-hybridized carbons (Fsp3) is 0.611. The van der Waals surface area contributed by atoms with Gasteiger partial charge in [-0.15, -0.1) is 45.5 Å². The van der Waals surface area contributed by atoms with Gasteiger partial charge in [0.25, 0.3) is 0 Å². The highest BCUT2D eigenvalue weighted by Gasteiger charge is 2.31. The molecular formula is C18H30IN7S. The van der Waals surface area contributed by atoms with Crippen molar-refractivity contribution in [3.63, 3.8) is 0 Å². The van der Waals surface area contributed by atoms with E-state index in [9.17, 15) is 0 Å². The third-order valence-electron chi connectivity index (χ3n) is 5.05. The van der Waals surface area contributed by atoms with Crippen LogP contribution in [-0.4, -0.2) is 52.8 Å². The topological polar surface area (TPSA) is 70.4 Å². The Morgan fingerprint density at radius 1 is 1.41 bits per heavy atom. The van der Waals surface area contributed by atoms with E-state index in [1.165, 1.54) is 24.3 Å². The lowest BCUT2D eigenvalue weighted by molar-refractivity contribution is 0.125. The Hall–Kier alpha value is -1.20. The number of hydrogen-bond donors (Lipinski definition) is 2. The second-order valence-corrected chi connectivity index (χ2v) is 7.66. The Bertz CT molecular complexity index is 700. The Kier molecular flexibility index (Phi) is 8.97. The standard InChI is InChI=1S/C18H29N7S.HI/c1-4-25-13-22-23-16(25)12-21-18(19-2)20-11-14-7-5-9-24(3)17(14)15-8-6-10-26-15;/h6,8,10,13-14,17H,4-5,7,9,11-12H2,1-3H3,(H2,19,20,21);1H. The zero-order valence-electron chi connectivity index (χ0n) is 16.3. The summed E-state index contributed by atoms with van der Waals surface area (Å²) in [5.41, 5.74) is 0. The average molecular weight is 503 g/mol. The van der Waals surface area contributed by atoms with E-state index >= 15 is 0 Å². The van der Waals surface area contributed by atoms with Crippen LogP contribution in [0, 0.1) is 5.92 Å². The minimum Gasteiger partial charge on any atom is -0.356 e. The van der Waals surface area contributed by atoms with Crippen molar-refractivity contribution in [3.05, 3.63) is 34.5 Å². The minimum absolute atomic E-state index is 0. The number of aromatic nitrogens is 3. The average Bonchev–Trinajstić information content (AvgIpc) is 3.33. The summed E-state index contributed by atoms with van der Waals surface area (Å²) in [5.74, 6) is 2.31. The third-order valence-corrected chi connectivity index (χ3v) is 5.99. The maximum Gasteiger partial charge on any atom is 0.191 e. The Morgan fingerprint density at radius 2 is 2.26 bits per heavy atom. The highest BCUT2D eigenvalue weighted by molar-refractivity contribution is 14.0. The van der Waals surface area contributed by atoms with Crippen molar-refractivity contribution in [1.29, 1.82) is 0 Å². The van der Waals surface area contributed by atoms with Crippen LogP contribution in [-0.2, 0) is 13.1 Å². The number of guanidine groups is 1. The summed E-state index contributed by atoms with van der Waals surface area (Å²) in [6.07, 6.45) is 4.24. The molecule has 0 aromatic carbocycles. The molecule has 2 aromatic heterocycles.